The zero-order valence-electron chi connectivity index (χ0n) is 21.1. The number of amides is 1. The summed E-state index contributed by atoms with van der Waals surface area (Å²) in [6.45, 7) is 6.86. The monoisotopic (exact) mass is 499 g/mol. The number of carbonyl (C=O) groups excluding carboxylic acids is 1. The topological polar surface area (TPSA) is 124 Å². The summed E-state index contributed by atoms with van der Waals surface area (Å²) in [6.07, 6.45) is 8.93. The van der Waals surface area contributed by atoms with Crippen molar-refractivity contribution in [2.45, 2.75) is 97.2 Å². The van der Waals surface area contributed by atoms with Crippen molar-refractivity contribution in [3.8, 4) is 0 Å². The van der Waals surface area contributed by atoms with Crippen molar-refractivity contribution in [1.29, 1.82) is 0 Å². The molecule has 0 aromatic heterocycles. The first-order valence-corrected chi connectivity index (χ1v) is 15.0. The highest BCUT2D eigenvalue weighted by Crippen LogP contribution is 2.68. The Morgan fingerprint density at radius 3 is 2.50 bits per heavy atom. The minimum absolute atomic E-state index is 0.0756. The molecule has 0 saturated heterocycles. The van der Waals surface area contributed by atoms with Gasteiger partial charge in [-0.1, -0.05) is 20.8 Å². The van der Waals surface area contributed by atoms with Crippen LogP contribution in [0.5, 0.6) is 0 Å². The minimum Gasteiger partial charge on any atom is -0.393 e. The highest BCUT2D eigenvalue weighted by atomic mass is 32.2. The van der Waals surface area contributed by atoms with Crippen molar-refractivity contribution < 1.29 is 28.0 Å². The minimum atomic E-state index is -4.07. The van der Waals surface area contributed by atoms with Crippen LogP contribution in [0, 0.1) is 46.3 Å². The summed E-state index contributed by atoms with van der Waals surface area (Å²) in [4.78, 5) is 12.2. The fraction of sp³-hybridized carbons (Fsp3) is 0.962. The first kappa shape index (κ1) is 26.4. The molecule has 0 radical (unpaired) electrons. The smallest absolute Gasteiger partial charge is 0.266 e. The van der Waals surface area contributed by atoms with Gasteiger partial charge in [0.1, 0.15) is 0 Å². The van der Waals surface area contributed by atoms with Crippen LogP contribution >= 0.6 is 0 Å². The standard InChI is InChI=1S/C26H45NO6S/c1-16(4-9-24(30)27-12-13-34(31,32)33)20-7-8-21-19-6-5-17-14-18(28)10-11-25(17,2)22(19)15-23(29)26(20,21)3/h16-23,28-29H,4-15H2,1-3H3,(H,27,30)(H,31,32,33)/t16-,17+,18+,19+,20-,21+,22+,23-,25+,26-/m1/s1. The molecule has 0 spiro atoms. The van der Waals surface area contributed by atoms with Crippen LogP contribution in [-0.2, 0) is 14.9 Å². The van der Waals surface area contributed by atoms with Gasteiger partial charge in [0.2, 0.25) is 5.91 Å². The second kappa shape index (κ2) is 9.64. The molecule has 4 fully saturated rings. The molecule has 4 N–H and O–H groups in total. The lowest BCUT2D eigenvalue weighted by atomic mass is 9.43. The maximum atomic E-state index is 12.2. The Labute approximate surface area is 205 Å². The fourth-order valence-corrected chi connectivity index (χ4v) is 9.49. The van der Waals surface area contributed by atoms with E-state index in [1.807, 2.05) is 0 Å². The molecule has 0 bridgehead atoms. The van der Waals surface area contributed by atoms with Crippen LogP contribution in [0.3, 0.4) is 0 Å². The van der Waals surface area contributed by atoms with Gasteiger partial charge in [-0.3, -0.25) is 9.35 Å². The van der Waals surface area contributed by atoms with Crippen LogP contribution < -0.4 is 5.32 Å². The van der Waals surface area contributed by atoms with E-state index in [-0.39, 0.29) is 35.5 Å². The Hall–Kier alpha value is -0.700. The SMILES string of the molecule is C[C@H](CCC(=O)NCCS(=O)(=O)O)[C@H]1CC[C@H]2[C@@H]3CC[C@H]4C[C@@H](O)CC[C@]4(C)[C@H]3C[C@@H](O)[C@]12C. The van der Waals surface area contributed by atoms with Gasteiger partial charge in [0, 0.05) is 13.0 Å². The normalized spacial score (nSPS) is 45.1. The van der Waals surface area contributed by atoms with Crippen LogP contribution in [0.2, 0.25) is 0 Å². The number of rotatable bonds is 7. The Morgan fingerprint density at radius 1 is 1.06 bits per heavy atom. The number of hydrogen-bond acceptors (Lipinski definition) is 5. The van der Waals surface area contributed by atoms with Gasteiger partial charge >= 0.3 is 0 Å². The summed E-state index contributed by atoms with van der Waals surface area (Å²) in [5.74, 6) is 2.28. The molecule has 0 aliphatic heterocycles. The highest BCUT2D eigenvalue weighted by Gasteiger charge is 2.63. The summed E-state index contributed by atoms with van der Waals surface area (Å²) in [5.41, 5.74) is 0.105. The van der Waals surface area contributed by atoms with Gasteiger partial charge < -0.3 is 15.5 Å². The van der Waals surface area contributed by atoms with Crippen LogP contribution in [0.4, 0.5) is 0 Å². The van der Waals surface area contributed by atoms with E-state index < -0.39 is 15.9 Å². The number of aliphatic hydroxyl groups excluding tert-OH is 2. The molecule has 4 rings (SSSR count). The molecule has 7 nitrogen and oxygen atoms in total. The summed E-state index contributed by atoms with van der Waals surface area (Å²) < 4.78 is 30.5. The van der Waals surface area contributed by atoms with Crippen molar-refractivity contribution in [2.24, 2.45) is 46.3 Å². The quantitative estimate of drug-likeness (QED) is 0.398. The van der Waals surface area contributed by atoms with Crippen molar-refractivity contribution in [3.63, 3.8) is 0 Å². The molecule has 0 heterocycles. The van der Waals surface area contributed by atoms with Gasteiger partial charge in [-0.2, -0.15) is 8.42 Å². The average molecular weight is 500 g/mol. The van der Waals surface area contributed by atoms with Crippen molar-refractivity contribution in [3.05, 3.63) is 0 Å². The first-order valence-electron chi connectivity index (χ1n) is 13.4. The van der Waals surface area contributed by atoms with Gasteiger partial charge in [-0.25, -0.2) is 0 Å². The summed E-state index contributed by atoms with van der Waals surface area (Å²) in [6, 6.07) is 0. The molecule has 0 aromatic rings. The second-order valence-electron chi connectivity index (χ2n) is 12.5. The van der Waals surface area contributed by atoms with E-state index in [1.54, 1.807) is 0 Å². The van der Waals surface area contributed by atoms with Crippen LogP contribution in [0.25, 0.3) is 0 Å². The lowest BCUT2D eigenvalue weighted by Gasteiger charge is -2.62. The highest BCUT2D eigenvalue weighted by molar-refractivity contribution is 7.85. The van der Waals surface area contributed by atoms with Gasteiger partial charge in [-0.05, 0) is 104 Å². The fourth-order valence-electron chi connectivity index (χ4n) is 9.13. The predicted molar refractivity (Wildman–Crippen MR) is 130 cm³/mol. The molecule has 196 valence electrons. The number of fused-ring (bicyclic) bond motifs is 5. The Morgan fingerprint density at radius 2 is 1.79 bits per heavy atom. The van der Waals surface area contributed by atoms with E-state index in [4.69, 9.17) is 4.55 Å². The lowest BCUT2D eigenvalue weighted by molar-refractivity contribution is -0.174. The third kappa shape index (κ3) is 4.81. The van der Waals surface area contributed by atoms with Gasteiger partial charge in [-0.15, -0.1) is 0 Å². The third-order valence-electron chi connectivity index (χ3n) is 11.0. The number of nitrogens with one attached hydrogen (secondary N) is 1. The van der Waals surface area contributed by atoms with E-state index in [1.165, 1.54) is 12.8 Å². The summed E-state index contributed by atoms with van der Waals surface area (Å²) >= 11 is 0. The van der Waals surface area contributed by atoms with Crippen molar-refractivity contribution in [2.75, 3.05) is 12.3 Å². The predicted octanol–water partition coefficient (Wildman–Crippen LogP) is 3.40. The molecule has 8 heteroatoms. The first-order chi connectivity index (χ1) is 15.9. The molecule has 0 unspecified atom stereocenters. The van der Waals surface area contributed by atoms with E-state index in [2.05, 4.69) is 26.1 Å². The maximum absolute atomic E-state index is 12.2. The van der Waals surface area contributed by atoms with E-state index in [9.17, 15) is 23.4 Å². The maximum Gasteiger partial charge on any atom is 0.266 e. The molecule has 34 heavy (non-hydrogen) atoms. The lowest BCUT2D eigenvalue weighted by Crippen LogP contribution is -2.58. The zero-order valence-corrected chi connectivity index (χ0v) is 21.9. The molecule has 4 aliphatic carbocycles. The van der Waals surface area contributed by atoms with Crippen LogP contribution in [0.15, 0.2) is 0 Å². The molecule has 0 aromatic carbocycles. The summed E-state index contributed by atoms with van der Waals surface area (Å²) in [5, 5.41) is 24.5. The molecule has 4 saturated carbocycles. The molecule has 1 amide bonds. The molecular weight excluding hydrogens is 454 g/mol. The number of carbonyl (C=O) groups is 1. The Bertz CT molecular complexity index is 863. The van der Waals surface area contributed by atoms with Crippen LogP contribution in [-0.4, -0.2) is 53.6 Å². The third-order valence-corrected chi connectivity index (χ3v) is 11.7. The largest absolute Gasteiger partial charge is 0.393 e. The number of hydrogen-bond donors (Lipinski definition) is 4. The zero-order chi connectivity index (χ0) is 24.9. The molecular formula is C26H45NO6S. The van der Waals surface area contributed by atoms with Crippen LogP contribution in [0.1, 0.15) is 85.0 Å². The Kier molecular flexibility index (Phi) is 7.47. The van der Waals surface area contributed by atoms with E-state index in [0.717, 1.165) is 38.5 Å². The Balaban J connectivity index is 1.40. The summed E-state index contributed by atoms with van der Waals surface area (Å²) in [7, 11) is -4.07. The van der Waals surface area contributed by atoms with Gasteiger partial charge in [0.05, 0.1) is 18.0 Å². The van der Waals surface area contributed by atoms with Crippen molar-refractivity contribution >= 4 is 16.0 Å². The van der Waals surface area contributed by atoms with Gasteiger partial charge in [0.25, 0.3) is 10.1 Å². The number of aliphatic hydroxyl groups is 2. The van der Waals surface area contributed by atoms with E-state index >= 15 is 0 Å². The van der Waals surface area contributed by atoms with Crippen molar-refractivity contribution in [1.82, 2.24) is 5.32 Å². The van der Waals surface area contributed by atoms with Gasteiger partial charge in [0.15, 0.2) is 0 Å². The van der Waals surface area contributed by atoms with E-state index in [0.29, 0.717) is 48.3 Å². The molecule has 10 atom stereocenters. The second-order valence-corrected chi connectivity index (χ2v) is 14.1. The average Bonchev–Trinajstić information content (AvgIpc) is 3.11. The molecule has 4 aliphatic rings.